The predicted molar refractivity (Wildman–Crippen MR) is 95.9 cm³/mol. The zero-order chi connectivity index (χ0) is 16.3. The van der Waals surface area contributed by atoms with Gasteiger partial charge in [0, 0.05) is 18.3 Å². The number of nitrogens with zero attached hydrogens (tertiary/aromatic N) is 1. The fourth-order valence-electron chi connectivity index (χ4n) is 3.88. The maximum atomic E-state index is 4.35. The fraction of sp³-hybridized carbons (Fsp3) is 0.667. The molecule has 0 spiro atoms. The van der Waals surface area contributed by atoms with Gasteiger partial charge in [-0.2, -0.15) is 0 Å². The number of hydrogen-bond donors (Lipinski definition) is 0. The van der Waals surface area contributed by atoms with Crippen molar-refractivity contribution in [3.8, 4) is 0 Å². The molecule has 0 N–H and O–H groups in total. The second kappa shape index (κ2) is 6.98. The van der Waals surface area contributed by atoms with Crippen LogP contribution in [0.3, 0.4) is 0 Å². The minimum absolute atomic E-state index is 0.220. The van der Waals surface area contributed by atoms with E-state index in [2.05, 4.69) is 64.7 Å². The van der Waals surface area contributed by atoms with Gasteiger partial charge in [0.15, 0.2) is 0 Å². The van der Waals surface area contributed by atoms with Crippen LogP contribution in [-0.4, -0.2) is 4.98 Å². The molecule has 1 aromatic rings. The van der Waals surface area contributed by atoms with Gasteiger partial charge in [0.25, 0.3) is 0 Å². The van der Waals surface area contributed by atoms with Crippen LogP contribution in [0.15, 0.2) is 36.2 Å². The molecular formula is C21H33N. The molecule has 2 rings (SSSR count). The number of pyridine rings is 1. The quantitative estimate of drug-likeness (QED) is 0.603. The van der Waals surface area contributed by atoms with E-state index >= 15 is 0 Å². The van der Waals surface area contributed by atoms with E-state index in [9.17, 15) is 0 Å². The fourth-order valence-corrected chi connectivity index (χ4v) is 3.88. The van der Waals surface area contributed by atoms with E-state index in [1.807, 2.05) is 12.4 Å². The van der Waals surface area contributed by atoms with Gasteiger partial charge in [-0.25, -0.2) is 0 Å². The van der Waals surface area contributed by atoms with Crippen molar-refractivity contribution in [2.75, 3.05) is 0 Å². The van der Waals surface area contributed by atoms with Crippen molar-refractivity contribution in [1.29, 1.82) is 0 Å². The first-order valence-electron chi connectivity index (χ1n) is 8.89. The average molecular weight is 300 g/mol. The first kappa shape index (κ1) is 17.2. The molecule has 1 heterocycles. The maximum absolute atomic E-state index is 4.35. The van der Waals surface area contributed by atoms with Crippen LogP contribution in [0.2, 0.25) is 0 Å². The number of rotatable bonds is 3. The molecule has 122 valence electrons. The SMILES string of the molecule is CC(C)[C@@H]1CC[C@@H](C)C/C1=C\[C@H](c1cccnc1)C(C)(C)C. The summed E-state index contributed by atoms with van der Waals surface area (Å²) < 4.78 is 0. The lowest BCUT2D eigenvalue weighted by atomic mass is 9.69. The Balaban J connectivity index is 2.38. The summed E-state index contributed by atoms with van der Waals surface area (Å²) in [5.74, 6) is 2.78. The van der Waals surface area contributed by atoms with Gasteiger partial charge >= 0.3 is 0 Å². The standard InChI is InChI=1S/C21H33N/c1-15(2)19-10-9-16(3)12-18(19)13-20(21(4,5)6)17-8-7-11-22-14-17/h7-8,11,13-16,19-20H,9-10,12H2,1-6H3/b18-13+/t16-,19+,20-/m1/s1. The van der Waals surface area contributed by atoms with Crippen LogP contribution in [0.1, 0.15) is 72.3 Å². The molecule has 0 aromatic carbocycles. The minimum Gasteiger partial charge on any atom is -0.264 e. The topological polar surface area (TPSA) is 12.9 Å². The molecule has 22 heavy (non-hydrogen) atoms. The summed E-state index contributed by atoms with van der Waals surface area (Å²) in [4.78, 5) is 4.35. The van der Waals surface area contributed by atoms with E-state index in [4.69, 9.17) is 0 Å². The molecule has 0 radical (unpaired) electrons. The molecule has 1 aliphatic carbocycles. The Kier molecular flexibility index (Phi) is 5.47. The third-order valence-corrected chi connectivity index (χ3v) is 5.19. The van der Waals surface area contributed by atoms with Crippen LogP contribution in [0, 0.1) is 23.2 Å². The maximum Gasteiger partial charge on any atom is 0.0306 e. The summed E-state index contributed by atoms with van der Waals surface area (Å²) in [6.45, 7) is 14.2. The molecule has 0 saturated heterocycles. The highest BCUT2D eigenvalue weighted by Crippen LogP contribution is 2.43. The zero-order valence-corrected chi connectivity index (χ0v) is 15.3. The lowest BCUT2D eigenvalue weighted by Crippen LogP contribution is -2.23. The Labute approximate surface area is 137 Å². The molecule has 1 nitrogen and oxygen atoms in total. The zero-order valence-electron chi connectivity index (χ0n) is 15.3. The molecule has 1 saturated carbocycles. The molecule has 0 bridgehead atoms. The molecular weight excluding hydrogens is 266 g/mol. The van der Waals surface area contributed by atoms with E-state index in [0.29, 0.717) is 5.92 Å². The first-order chi connectivity index (χ1) is 10.3. The lowest BCUT2D eigenvalue weighted by Gasteiger charge is -2.36. The van der Waals surface area contributed by atoms with Crippen molar-refractivity contribution in [3.63, 3.8) is 0 Å². The van der Waals surface area contributed by atoms with Gasteiger partial charge in [-0.15, -0.1) is 0 Å². The summed E-state index contributed by atoms with van der Waals surface area (Å²) in [7, 11) is 0. The van der Waals surface area contributed by atoms with Crippen LogP contribution in [0.5, 0.6) is 0 Å². The Morgan fingerprint density at radius 1 is 1.23 bits per heavy atom. The molecule has 3 atom stereocenters. The average Bonchev–Trinajstić information content (AvgIpc) is 2.44. The van der Waals surface area contributed by atoms with Gasteiger partial charge < -0.3 is 0 Å². The summed E-state index contributed by atoms with van der Waals surface area (Å²) in [5, 5.41) is 0. The number of allylic oxidation sites excluding steroid dienone is 2. The monoisotopic (exact) mass is 299 g/mol. The third-order valence-electron chi connectivity index (χ3n) is 5.19. The van der Waals surface area contributed by atoms with Gasteiger partial charge in [0.05, 0.1) is 0 Å². The van der Waals surface area contributed by atoms with Crippen LogP contribution in [0.25, 0.3) is 0 Å². The van der Waals surface area contributed by atoms with Crippen molar-refractivity contribution in [2.45, 2.75) is 66.7 Å². The molecule has 0 amide bonds. The Hall–Kier alpha value is -1.11. The third kappa shape index (κ3) is 4.21. The molecule has 1 fully saturated rings. The van der Waals surface area contributed by atoms with E-state index in [0.717, 1.165) is 17.8 Å². The van der Waals surface area contributed by atoms with Crippen molar-refractivity contribution < 1.29 is 0 Å². The Bertz CT molecular complexity index is 492. The van der Waals surface area contributed by atoms with Gasteiger partial charge in [0.2, 0.25) is 0 Å². The van der Waals surface area contributed by atoms with Gasteiger partial charge in [-0.3, -0.25) is 4.98 Å². The Morgan fingerprint density at radius 3 is 2.50 bits per heavy atom. The minimum atomic E-state index is 0.220. The van der Waals surface area contributed by atoms with Gasteiger partial charge in [0.1, 0.15) is 0 Å². The molecule has 0 aliphatic heterocycles. The van der Waals surface area contributed by atoms with Crippen LogP contribution in [-0.2, 0) is 0 Å². The molecule has 1 aromatic heterocycles. The van der Waals surface area contributed by atoms with Crippen molar-refractivity contribution in [2.24, 2.45) is 23.2 Å². The first-order valence-corrected chi connectivity index (χ1v) is 8.89. The highest BCUT2D eigenvalue weighted by Gasteiger charge is 2.30. The van der Waals surface area contributed by atoms with Crippen LogP contribution >= 0.6 is 0 Å². The summed E-state index contributed by atoms with van der Waals surface area (Å²) in [6.07, 6.45) is 10.5. The van der Waals surface area contributed by atoms with Crippen LogP contribution < -0.4 is 0 Å². The summed E-state index contributed by atoms with van der Waals surface area (Å²) in [5.41, 5.74) is 3.26. The predicted octanol–water partition coefficient (Wildman–Crippen LogP) is 6.23. The van der Waals surface area contributed by atoms with Crippen molar-refractivity contribution in [3.05, 3.63) is 41.7 Å². The van der Waals surface area contributed by atoms with Crippen LogP contribution in [0.4, 0.5) is 0 Å². The molecule has 0 unspecified atom stereocenters. The molecule has 1 heteroatoms. The lowest BCUT2D eigenvalue weighted by molar-refractivity contribution is 0.299. The highest BCUT2D eigenvalue weighted by molar-refractivity contribution is 5.27. The summed E-state index contributed by atoms with van der Waals surface area (Å²) >= 11 is 0. The summed E-state index contributed by atoms with van der Waals surface area (Å²) in [6, 6.07) is 4.30. The van der Waals surface area contributed by atoms with E-state index < -0.39 is 0 Å². The highest BCUT2D eigenvalue weighted by atomic mass is 14.6. The Morgan fingerprint density at radius 2 is 1.95 bits per heavy atom. The number of aromatic nitrogens is 1. The van der Waals surface area contributed by atoms with Crippen molar-refractivity contribution in [1.82, 2.24) is 4.98 Å². The largest absolute Gasteiger partial charge is 0.264 e. The van der Waals surface area contributed by atoms with E-state index in [-0.39, 0.29) is 5.41 Å². The second-order valence-electron chi connectivity index (χ2n) is 8.61. The number of hydrogen-bond acceptors (Lipinski definition) is 1. The van der Waals surface area contributed by atoms with Gasteiger partial charge in [-0.1, -0.05) is 59.3 Å². The van der Waals surface area contributed by atoms with E-state index in [1.54, 1.807) is 5.57 Å². The second-order valence-corrected chi connectivity index (χ2v) is 8.61. The van der Waals surface area contributed by atoms with E-state index in [1.165, 1.54) is 24.8 Å². The normalized spacial score (nSPS) is 26.4. The van der Waals surface area contributed by atoms with Gasteiger partial charge in [-0.05, 0) is 54.1 Å². The molecule has 1 aliphatic rings. The van der Waals surface area contributed by atoms with Crippen molar-refractivity contribution >= 4 is 0 Å². The smallest absolute Gasteiger partial charge is 0.0306 e.